The predicted molar refractivity (Wildman–Crippen MR) is 85.4 cm³/mol. The molecular formula is C18H17NO6. The fourth-order valence-electron chi connectivity index (χ4n) is 4.15. The van der Waals surface area contributed by atoms with Gasteiger partial charge in [-0.2, -0.15) is 0 Å². The van der Waals surface area contributed by atoms with Crippen molar-refractivity contribution in [3.63, 3.8) is 0 Å². The van der Waals surface area contributed by atoms with Gasteiger partial charge >= 0.3 is 5.97 Å². The molecule has 0 radical (unpaired) electrons. The lowest BCUT2D eigenvalue weighted by molar-refractivity contribution is -0.208. The van der Waals surface area contributed by atoms with Crippen LogP contribution in [-0.2, 0) is 4.79 Å². The van der Waals surface area contributed by atoms with Crippen molar-refractivity contribution in [1.82, 2.24) is 4.98 Å². The van der Waals surface area contributed by atoms with E-state index in [4.69, 9.17) is 9.47 Å². The third-order valence-electron chi connectivity index (χ3n) is 5.12. The van der Waals surface area contributed by atoms with Gasteiger partial charge in [0.15, 0.2) is 5.79 Å². The SMILES string of the molecule is COc1cncc2c1C1C(O2)C(c2ccccc2)C(C(=O)O)C1(O)O. The van der Waals surface area contributed by atoms with E-state index in [9.17, 15) is 20.1 Å². The van der Waals surface area contributed by atoms with Gasteiger partial charge in [0.25, 0.3) is 0 Å². The molecule has 1 aromatic heterocycles. The summed E-state index contributed by atoms with van der Waals surface area (Å²) in [4.78, 5) is 15.9. The summed E-state index contributed by atoms with van der Waals surface area (Å²) in [6, 6.07) is 8.90. The van der Waals surface area contributed by atoms with Crippen LogP contribution in [0.4, 0.5) is 0 Å². The Labute approximate surface area is 143 Å². The molecule has 7 nitrogen and oxygen atoms in total. The van der Waals surface area contributed by atoms with Gasteiger partial charge in [-0.3, -0.25) is 9.78 Å². The van der Waals surface area contributed by atoms with E-state index in [0.29, 0.717) is 22.6 Å². The van der Waals surface area contributed by atoms with Gasteiger partial charge in [-0.25, -0.2) is 0 Å². The predicted octanol–water partition coefficient (Wildman–Crippen LogP) is 1.11. The number of hydrogen-bond acceptors (Lipinski definition) is 6. The van der Waals surface area contributed by atoms with E-state index in [0.717, 1.165) is 0 Å². The van der Waals surface area contributed by atoms with Gasteiger partial charge in [0, 0.05) is 5.92 Å². The van der Waals surface area contributed by atoms with Crippen molar-refractivity contribution in [3.05, 3.63) is 53.9 Å². The van der Waals surface area contributed by atoms with Crippen molar-refractivity contribution >= 4 is 5.97 Å². The van der Waals surface area contributed by atoms with E-state index in [1.807, 2.05) is 6.07 Å². The first-order chi connectivity index (χ1) is 12.0. The zero-order chi connectivity index (χ0) is 17.8. The highest BCUT2D eigenvalue weighted by Gasteiger charge is 2.67. The zero-order valence-electron chi connectivity index (χ0n) is 13.4. The number of aliphatic carboxylic acids is 1. The highest BCUT2D eigenvalue weighted by Crippen LogP contribution is 2.60. The number of rotatable bonds is 3. The number of carboxylic acids is 1. The van der Waals surface area contributed by atoms with Crippen LogP contribution >= 0.6 is 0 Å². The van der Waals surface area contributed by atoms with E-state index < -0.39 is 35.6 Å². The summed E-state index contributed by atoms with van der Waals surface area (Å²) in [6.45, 7) is 0. The molecule has 1 aromatic carbocycles. The van der Waals surface area contributed by atoms with Crippen molar-refractivity contribution in [2.75, 3.05) is 7.11 Å². The number of carboxylic acid groups (broad SMARTS) is 1. The molecule has 3 N–H and O–H groups in total. The van der Waals surface area contributed by atoms with Crippen LogP contribution in [0.15, 0.2) is 42.7 Å². The lowest BCUT2D eigenvalue weighted by Crippen LogP contribution is -2.43. The fourth-order valence-corrected chi connectivity index (χ4v) is 4.15. The largest absolute Gasteiger partial charge is 0.495 e. The number of pyridine rings is 1. The first-order valence-electron chi connectivity index (χ1n) is 7.87. The lowest BCUT2D eigenvalue weighted by atomic mass is 9.86. The molecule has 2 aromatic rings. The van der Waals surface area contributed by atoms with Crippen molar-refractivity contribution in [2.24, 2.45) is 5.92 Å². The van der Waals surface area contributed by atoms with Crippen LogP contribution in [0.5, 0.6) is 11.5 Å². The third-order valence-corrected chi connectivity index (χ3v) is 5.12. The lowest BCUT2D eigenvalue weighted by Gasteiger charge is -2.28. The van der Waals surface area contributed by atoms with Crippen LogP contribution in [0.3, 0.4) is 0 Å². The van der Waals surface area contributed by atoms with Gasteiger partial charge in [0.1, 0.15) is 23.5 Å². The first kappa shape index (κ1) is 15.9. The number of nitrogens with zero attached hydrogens (tertiary/aromatic N) is 1. The topological polar surface area (TPSA) is 109 Å². The molecule has 1 aliphatic carbocycles. The first-order valence-corrected chi connectivity index (χ1v) is 7.87. The molecule has 1 fully saturated rings. The van der Waals surface area contributed by atoms with Crippen LogP contribution in [0.2, 0.25) is 0 Å². The maximum Gasteiger partial charge on any atom is 0.312 e. The van der Waals surface area contributed by atoms with Gasteiger partial charge in [-0.05, 0) is 5.56 Å². The Morgan fingerprint density at radius 1 is 1.24 bits per heavy atom. The van der Waals surface area contributed by atoms with Crippen molar-refractivity contribution in [2.45, 2.75) is 23.7 Å². The Balaban J connectivity index is 1.91. The number of aromatic nitrogens is 1. The Kier molecular flexibility index (Phi) is 3.45. The van der Waals surface area contributed by atoms with Crippen molar-refractivity contribution < 1.29 is 29.6 Å². The second-order valence-corrected chi connectivity index (χ2v) is 6.35. The Bertz CT molecular complexity index is 822. The van der Waals surface area contributed by atoms with Gasteiger partial charge in [-0.15, -0.1) is 0 Å². The molecule has 2 aliphatic rings. The van der Waals surface area contributed by atoms with E-state index >= 15 is 0 Å². The molecule has 0 bridgehead atoms. The number of ether oxygens (including phenoxy) is 2. The summed E-state index contributed by atoms with van der Waals surface area (Å²) >= 11 is 0. The van der Waals surface area contributed by atoms with E-state index in [2.05, 4.69) is 4.98 Å². The Morgan fingerprint density at radius 3 is 2.60 bits per heavy atom. The Hall–Kier alpha value is -2.64. The summed E-state index contributed by atoms with van der Waals surface area (Å²) in [5, 5.41) is 31.3. The second-order valence-electron chi connectivity index (χ2n) is 6.35. The fraction of sp³-hybridized carbons (Fsp3) is 0.333. The highest BCUT2D eigenvalue weighted by molar-refractivity contribution is 5.75. The molecule has 4 rings (SSSR count). The molecule has 2 heterocycles. The third kappa shape index (κ3) is 2.13. The number of carbonyl (C=O) groups is 1. The number of methoxy groups -OCH3 is 1. The number of aliphatic hydroxyl groups is 2. The summed E-state index contributed by atoms with van der Waals surface area (Å²) in [5.74, 6) is -6.16. The quantitative estimate of drug-likeness (QED) is 0.716. The average molecular weight is 343 g/mol. The average Bonchev–Trinajstić information content (AvgIpc) is 3.08. The molecule has 7 heteroatoms. The molecular weight excluding hydrogens is 326 g/mol. The molecule has 0 amide bonds. The van der Waals surface area contributed by atoms with Gasteiger partial charge in [0.2, 0.25) is 0 Å². The van der Waals surface area contributed by atoms with Crippen LogP contribution in [0.25, 0.3) is 0 Å². The molecule has 1 aliphatic heterocycles. The normalized spacial score (nSPS) is 28.8. The van der Waals surface area contributed by atoms with E-state index in [1.165, 1.54) is 19.5 Å². The maximum absolute atomic E-state index is 11.9. The van der Waals surface area contributed by atoms with Crippen LogP contribution in [0.1, 0.15) is 23.0 Å². The Morgan fingerprint density at radius 2 is 1.96 bits per heavy atom. The molecule has 0 saturated heterocycles. The minimum absolute atomic E-state index is 0.343. The minimum atomic E-state index is -2.49. The molecule has 4 unspecified atom stereocenters. The van der Waals surface area contributed by atoms with Gasteiger partial charge in [0.05, 0.1) is 31.0 Å². The molecule has 0 spiro atoms. The van der Waals surface area contributed by atoms with E-state index in [1.54, 1.807) is 24.3 Å². The highest BCUT2D eigenvalue weighted by atomic mass is 16.5. The summed E-state index contributed by atoms with van der Waals surface area (Å²) in [7, 11) is 1.44. The standard InChI is InChI=1S/C18H17NO6/c1-24-10-7-19-8-11-13(10)14-16(25-11)12(9-5-3-2-4-6-9)15(17(20)21)18(14,22)23/h2-8,12,14-16,22-23H,1H3,(H,20,21). The second kappa shape index (κ2) is 5.44. The van der Waals surface area contributed by atoms with E-state index in [-0.39, 0.29) is 0 Å². The van der Waals surface area contributed by atoms with Crippen molar-refractivity contribution in [1.29, 1.82) is 0 Å². The van der Waals surface area contributed by atoms with Gasteiger partial charge in [-0.1, -0.05) is 30.3 Å². The zero-order valence-corrected chi connectivity index (χ0v) is 13.4. The molecule has 4 atom stereocenters. The number of benzene rings is 1. The van der Waals surface area contributed by atoms with Crippen LogP contribution in [0, 0.1) is 5.92 Å². The van der Waals surface area contributed by atoms with Crippen molar-refractivity contribution in [3.8, 4) is 11.5 Å². The molecule has 1 saturated carbocycles. The summed E-state index contributed by atoms with van der Waals surface area (Å²) in [6.07, 6.45) is 2.18. The maximum atomic E-state index is 11.9. The number of fused-ring (bicyclic) bond motifs is 3. The number of hydrogen-bond donors (Lipinski definition) is 3. The van der Waals surface area contributed by atoms with Gasteiger partial charge < -0.3 is 24.8 Å². The summed E-state index contributed by atoms with van der Waals surface area (Å²) in [5.41, 5.74) is 1.12. The minimum Gasteiger partial charge on any atom is -0.495 e. The molecule has 25 heavy (non-hydrogen) atoms. The monoisotopic (exact) mass is 343 g/mol. The summed E-state index contributed by atoms with van der Waals surface area (Å²) < 4.78 is 11.2. The van der Waals surface area contributed by atoms with Crippen LogP contribution < -0.4 is 9.47 Å². The smallest absolute Gasteiger partial charge is 0.312 e. The molecule has 130 valence electrons. The van der Waals surface area contributed by atoms with Crippen LogP contribution in [-0.4, -0.2) is 45.3 Å².